The fourth-order valence-corrected chi connectivity index (χ4v) is 0. The van der Waals surface area contributed by atoms with Crippen LogP contribution in [-0.4, -0.2) is 5.21 Å². The minimum absolute atomic E-state index is 0. The molecule has 0 amide bonds. The van der Waals surface area contributed by atoms with E-state index in [1.807, 2.05) is 0 Å². The molecule has 5 heavy (non-hydrogen) atoms. The molecule has 0 unspecified atom stereocenters. The zero-order valence-corrected chi connectivity index (χ0v) is 8.01. The molecule has 0 saturated carbocycles. The summed E-state index contributed by atoms with van der Waals surface area (Å²) in [6.07, 6.45) is 0. The molecule has 0 fully saturated rings. The van der Waals surface area contributed by atoms with E-state index in [1.54, 1.807) is 0 Å². The van der Waals surface area contributed by atoms with Crippen molar-refractivity contribution >= 4 is 0 Å². The van der Waals surface area contributed by atoms with Crippen molar-refractivity contribution in [1.29, 1.82) is 0 Å². The summed E-state index contributed by atoms with van der Waals surface area (Å²) in [5.41, 5.74) is 0. The van der Waals surface area contributed by atoms with Crippen molar-refractivity contribution in [1.82, 2.24) is 0 Å². The van der Waals surface area contributed by atoms with Gasteiger partial charge in [0.05, 0.1) is 0 Å². The largest absolute Gasteiger partial charge is 1.00 e. The predicted molar refractivity (Wildman–Crippen MR) is 8.69 cm³/mol. The molecule has 0 aliphatic rings. The van der Waals surface area contributed by atoms with Crippen LogP contribution in [0.15, 0.2) is 5.34 Å². The third-order valence-corrected chi connectivity index (χ3v) is 0. The first kappa shape index (κ1) is 15.9. The molecule has 0 aromatic rings. The molecule has 5 heteroatoms. The van der Waals surface area contributed by atoms with Gasteiger partial charge >= 0.3 is 51.4 Å². The molecule has 0 atom stereocenters. The number of nitrogens with zero attached hydrogens (tertiary/aromatic N) is 1. The average molecular weight is 282 g/mol. The van der Waals surface area contributed by atoms with E-state index in [0.717, 1.165) is 0 Å². The molecule has 0 aliphatic heterocycles. The van der Waals surface area contributed by atoms with Crippen molar-refractivity contribution in [3.8, 4) is 0 Å². The number of hydrogen-bond donors (Lipinski definition) is 1. The summed E-state index contributed by atoms with van der Waals surface area (Å²) in [5.74, 6) is 0. The molecule has 30 valence electrons. The number of rotatable bonds is 0. The second-order valence-electron chi connectivity index (χ2n) is 0.0816. The van der Waals surface area contributed by atoms with Gasteiger partial charge in [0.15, 0.2) is 5.34 Å². The van der Waals surface area contributed by atoms with Crippen LogP contribution >= 0.6 is 0 Å². The maximum Gasteiger partial charge on any atom is 1.00 e. The Labute approximate surface area is 87.6 Å². The standard InChI is InChI=1S/K.HNO2.Pt.H/c;2-1-3;;/h;(H,2,3);;/q+1;;;-1. The van der Waals surface area contributed by atoms with Gasteiger partial charge in [0, 0.05) is 21.1 Å². The summed E-state index contributed by atoms with van der Waals surface area (Å²) < 4.78 is 0. The van der Waals surface area contributed by atoms with Gasteiger partial charge in [-0.05, 0) is 0 Å². The molecule has 0 aliphatic carbocycles. The summed E-state index contributed by atoms with van der Waals surface area (Å²) in [4.78, 5) is 8.11. The quantitative estimate of drug-likeness (QED) is 0.298. The van der Waals surface area contributed by atoms with E-state index in [4.69, 9.17) is 10.1 Å². The minimum atomic E-state index is 0. The van der Waals surface area contributed by atoms with Crippen LogP contribution in [-0.2, 0) is 21.1 Å². The fourth-order valence-electron chi connectivity index (χ4n) is 0. The Bertz CT molecular complexity index is 21.0. The van der Waals surface area contributed by atoms with Gasteiger partial charge in [0.1, 0.15) is 0 Å². The van der Waals surface area contributed by atoms with Crippen LogP contribution in [0.2, 0.25) is 0 Å². The van der Waals surface area contributed by atoms with Crippen molar-refractivity contribution in [2.45, 2.75) is 0 Å². The van der Waals surface area contributed by atoms with E-state index in [1.165, 1.54) is 5.34 Å². The van der Waals surface area contributed by atoms with E-state index < -0.39 is 0 Å². The summed E-state index contributed by atoms with van der Waals surface area (Å²) in [7, 11) is 0. The summed E-state index contributed by atoms with van der Waals surface area (Å²) in [6, 6.07) is 0. The van der Waals surface area contributed by atoms with Gasteiger partial charge in [0.2, 0.25) is 0 Å². The van der Waals surface area contributed by atoms with Crippen molar-refractivity contribution in [3.63, 3.8) is 0 Å². The Kier molecular flexibility index (Phi) is 54.7. The fraction of sp³-hybridized carbons (Fsp3) is 0. The molecule has 0 bridgehead atoms. The van der Waals surface area contributed by atoms with Gasteiger partial charge < -0.3 is 6.63 Å². The Morgan fingerprint density at radius 1 is 1.80 bits per heavy atom. The van der Waals surface area contributed by atoms with Crippen LogP contribution in [0.1, 0.15) is 1.43 Å². The van der Waals surface area contributed by atoms with Crippen molar-refractivity contribution in [2.75, 3.05) is 0 Å². The second-order valence-corrected chi connectivity index (χ2v) is 0.0816. The Hall–Kier alpha value is 1.72. The second kappa shape index (κ2) is 17.2. The third kappa shape index (κ3) is 26.7. The van der Waals surface area contributed by atoms with Gasteiger partial charge in [-0.1, -0.05) is 0 Å². The van der Waals surface area contributed by atoms with Crippen molar-refractivity contribution in [2.24, 2.45) is 5.34 Å². The smallest absolute Gasteiger partial charge is 1.00 e. The molecule has 0 aromatic carbocycles. The molecule has 0 spiro atoms. The van der Waals surface area contributed by atoms with Crippen LogP contribution < -0.4 is 51.4 Å². The van der Waals surface area contributed by atoms with Gasteiger partial charge in [-0.15, -0.1) is 4.91 Å². The summed E-state index contributed by atoms with van der Waals surface area (Å²) >= 11 is 0. The Morgan fingerprint density at radius 2 is 1.80 bits per heavy atom. The molecular formula is H2KNO2Pt. The molecule has 1 N–H and O–H groups in total. The van der Waals surface area contributed by atoms with Gasteiger partial charge in [-0.2, -0.15) is 0 Å². The van der Waals surface area contributed by atoms with Crippen LogP contribution in [0.4, 0.5) is 0 Å². The first-order chi connectivity index (χ1) is 1.41. The first-order valence-corrected chi connectivity index (χ1v) is 0.383. The molecule has 3 nitrogen and oxygen atoms in total. The third-order valence-electron chi connectivity index (χ3n) is 0. The monoisotopic (exact) mass is 282 g/mol. The van der Waals surface area contributed by atoms with Crippen LogP contribution in [0.25, 0.3) is 0 Å². The van der Waals surface area contributed by atoms with Gasteiger partial charge in [-0.25, -0.2) is 0 Å². The van der Waals surface area contributed by atoms with Crippen molar-refractivity contribution in [3.05, 3.63) is 4.91 Å². The zero-order valence-electron chi connectivity index (χ0n) is 3.62. The molecule has 0 rings (SSSR count). The Morgan fingerprint density at radius 3 is 1.80 bits per heavy atom. The normalized spacial score (nSPS) is 2.40. The maximum atomic E-state index is 8.11. The van der Waals surface area contributed by atoms with Crippen LogP contribution in [0.5, 0.6) is 0 Å². The van der Waals surface area contributed by atoms with E-state index in [-0.39, 0.29) is 73.9 Å². The van der Waals surface area contributed by atoms with Gasteiger partial charge in [0.25, 0.3) is 0 Å². The van der Waals surface area contributed by atoms with Crippen LogP contribution in [0, 0.1) is 4.91 Å². The van der Waals surface area contributed by atoms with E-state index in [9.17, 15) is 0 Å². The molecular weight excluding hydrogens is 280 g/mol. The molecule has 0 radical (unpaired) electrons. The molecule has 0 aromatic heterocycles. The minimum Gasteiger partial charge on any atom is -1.00 e. The summed E-state index contributed by atoms with van der Waals surface area (Å²) in [5, 5.41) is 7.89. The zero-order chi connectivity index (χ0) is 2.71. The average Bonchev–Trinajstić information content (AvgIpc) is 0.918. The molecule has 0 saturated heterocycles. The van der Waals surface area contributed by atoms with Gasteiger partial charge in [-0.3, -0.25) is 0 Å². The maximum absolute atomic E-state index is 8.11. The SMILES string of the molecule is O=NO.[H-].[K+].[Pt]. The summed E-state index contributed by atoms with van der Waals surface area (Å²) in [6.45, 7) is 0. The topological polar surface area (TPSA) is 49.7 Å². The van der Waals surface area contributed by atoms with E-state index in [2.05, 4.69) is 0 Å². The predicted octanol–water partition coefficient (Wildman–Crippen LogP) is -2.74. The van der Waals surface area contributed by atoms with Crippen molar-refractivity contribution < 1.29 is 79.1 Å². The van der Waals surface area contributed by atoms with E-state index >= 15 is 0 Å². The molecule has 0 heterocycles. The number of hydrogen-bond acceptors (Lipinski definition) is 2. The Balaban J connectivity index is -0.00000000667. The van der Waals surface area contributed by atoms with E-state index in [0.29, 0.717) is 0 Å². The first-order valence-electron chi connectivity index (χ1n) is 0.383. The van der Waals surface area contributed by atoms with Crippen LogP contribution in [0.3, 0.4) is 0 Å².